The normalized spacial score (nSPS) is 12.1. The van der Waals surface area contributed by atoms with Crippen molar-refractivity contribution in [2.45, 2.75) is 12.5 Å². The molecule has 0 saturated carbocycles. The lowest BCUT2D eigenvalue weighted by Crippen LogP contribution is -2.41. The fourth-order valence-electron chi connectivity index (χ4n) is 1.63. The lowest BCUT2D eigenvalue weighted by atomic mass is 10.2. The molecule has 0 unspecified atom stereocenters. The zero-order valence-electron chi connectivity index (χ0n) is 12.2. The van der Waals surface area contributed by atoms with Crippen molar-refractivity contribution in [3.05, 3.63) is 35.9 Å². The van der Waals surface area contributed by atoms with Gasteiger partial charge in [0.2, 0.25) is 5.91 Å². The van der Waals surface area contributed by atoms with Crippen molar-refractivity contribution in [3.63, 3.8) is 0 Å². The average molecular weight is 308 g/mol. The Morgan fingerprint density at radius 3 is 2.62 bits per heavy atom. The average Bonchev–Trinajstić information content (AvgIpc) is 2.50. The molecule has 0 bridgehead atoms. The van der Waals surface area contributed by atoms with Crippen LogP contribution in [0.4, 0.5) is 5.69 Å². The third-order valence-electron chi connectivity index (χ3n) is 2.78. The predicted octanol–water partition coefficient (Wildman–Crippen LogP) is 1.69. The maximum atomic E-state index is 11.8. The lowest BCUT2D eigenvalue weighted by molar-refractivity contribution is -0.144. The Morgan fingerprint density at radius 2 is 2.05 bits per heavy atom. The van der Waals surface area contributed by atoms with E-state index >= 15 is 0 Å². The summed E-state index contributed by atoms with van der Waals surface area (Å²) in [6.45, 7) is 0. The van der Waals surface area contributed by atoms with E-state index in [1.54, 1.807) is 30.0 Å². The number of hydrogen-bond acceptors (Lipinski definition) is 5. The van der Waals surface area contributed by atoms with Gasteiger partial charge in [-0.2, -0.15) is 11.8 Å². The molecular weight excluding hydrogens is 288 g/mol. The summed E-state index contributed by atoms with van der Waals surface area (Å²) in [7, 11) is 1.31. The third kappa shape index (κ3) is 6.35. The van der Waals surface area contributed by atoms with Gasteiger partial charge in [0.25, 0.3) is 0 Å². The molecule has 3 N–H and O–H groups in total. The van der Waals surface area contributed by atoms with Gasteiger partial charge in [0.15, 0.2) is 0 Å². The SMILES string of the molecule is COC(=O)[C@H](CCSC)NC(=O)/C=C/c1ccc(N)cc1. The monoisotopic (exact) mass is 308 g/mol. The fourth-order valence-corrected chi connectivity index (χ4v) is 2.10. The molecule has 0 heterocycles. The first-order valence-electron chi connectivity index (χ1n) is 6.47. The second-order valence-corrected chi connectivity index (χ2v) is 5.35. The van der Waals surface area contributed by atoms with Crippen LogP contribution in [0, 0.1) is 0 Å². The number of carbonyl (C=O) groups excluding carboxylic acids is 2. The number of benzene rings is 1. The molecule has 0 aromatic heterocycles. The number of nitrogen functional groups attached to an aromatic ring is 1. The van der Waals surface area contributed by atoms with E-state index in [-0.39, 0.29) is 5.91 Å². The van der Waals surface area contributed by atoms with E-state index in [1.807, 2.05) is 18.4 Å². The highest BCUT2D eigenvalue weighted by Crippen LogP contribution is 2.07. The fraction of sp³-hybridized carbons (Fsp3) is 0.333. The molecule has 0 radical (unpaired) electrons. The zero-order chi connectivity index (χ0) is 15.7. The van der Waals surface area contributed by atoms with E-state index in [0.717, 1.165) is 11.3 Å². The topological polar surface area (TPSA) is 81.4 Å². The molecular formula is C15H20N2O3S. The summed E-state index contributed by atoms with van der Waals surface area (Å²) in [6.07, 6.45) is 5.53. The van der Waals surface area contributed by atoms with Crippen molar-refractivity contribution in [1.82, 2.24) is 5.32 Å². The Bertz CT molecular complexity index is 500. The first-order valence-corrected chi connectivity index (χ1v) is 7.87. The van der Waals surface area contributed by atoms with E-state index in [1.165, 1.54) is 13.2 Å². The molecule has 1 rings (SSSR count). The summed E-state index contributed by atoms with van der Waals surface area (Å²) in [4.78, 5) is 23.4. The number of hydrogen-bond donors (Lipinski definition) is 2. The minimum atomic E-state index is -0.619. The van der Waals surface area contributed by atoms with Crippen LogP contribution in [-0.2, 0) is 14.3 Å². The molecule has 0 aliphatic carbocycles. The smallest absolute Gasteiger partial charge is 0.328 e. The lowest BCUT2D eigenvalue weighted by Gasteiger charge is -2.14. The number of rotatable bonds is 7. The van der Waals surface area contributed by atoms with Crippen LogP contribution in [0.5, 0.6) is 0 Å². The van der Waals surface area contributed by atoms with Crippen LogP contribution in [0.3, 0.4) is 0 Å². The molecule has 0 spiro atoms. The first kappa shape index (κ1) is 17.1. The van der Waals surface area contributed by atoms with Crippen LogP contribution in [0.25, 0.3) is 6.08 Å². The zero-order valence-corrected chi connectivity index (χ0v) is 13.0. The van der Waals surface area contributed by atoms with Gasteiger partial charge in [0, 0.05) is 11.8 Å². The second-order valence-electron chi connectivity index (χ2n) is 4.37. The van der Waals surface area contributed by atoms with Gasteiger partial charge in [-0.1, -0.05) is 12.1 Å². The highest BCUT2D eigenvalue weighted by molar-refractivity contribution is 7.98. The molecule has 0 aliphatic rings. The molecule has 0 saturated heterocycles. The Labute approximate surface area is 128 Å². The van der Waals surface area contributed by atoms with Crippen LogP contribution in [0.1, 0.15) is 12.0 Å². The molecule has 0 aliphatic heterocycles. The van der Waals surface area contributed by atoms with Crippen LogP contribution >= 0.6 is 11.8 Å². The van der Waals surface area contributed by atoms with Crippen LogP contribution in [0.2, 0.25) is 0 Å². The number of anilines is 1. The summed E-state index contributed by atoms with van der Waals surface area (Å²) in [5.74, 6) is 0.00320. The molecule has 114 valence electrons. The molecule has 5 nitrogen and oxygen atoms in total. The number of ether oxygens (including phenoxy) is 1. The molecule has 21 heavy (non-hydrogen) atoms. The number of methoxy groups -OCH3 is 1. The van der Waals surface area contributed by atoms with E-state index in [4.69, 9.17) is 5.73 Å². The highest BCUT2D eigenvalue weighted by Gasteiger charge is 2.19. The highest BCUT2D eigenvalue weighted by atomic mass is 32.2. The second kappa shape index (κ2) is 9.07. The number of thioether (sulfide) groups is 1. The largest absolute Gasteiger partial charge is 0.467 e. The summed E-state index contributed by atoms with van der Waals surface area (Å²) in [5.41, 5.74) is 7.11. The molecule has 1 aromatic carbocycles. The Balaban J connectivity index is 2.60. The van der Waals surface area contributed by atoms with Gasteiger partial charge in [-0.15, -0.1) is 0 Å². The van der Waals surface area contributed by atoms with Gasteiger partial charge in [0.1, 0.15) is 6.04 Å². The molecule has 1 aromatic rings. The maximum absolute atomic E-state index is 11.8. The predicted molar refractivity (Wildman–Crippen MR) is 86.8 cm³/mol. The number of esters is 1. The van der Waals surface area contributed by atoms with Crippen molar-refractivity contribution in [1.29, 1.82) is 0 Å². The van der Waals surface area contributed by atoms with Gasteiger partial charge in [-0.25, -0.2) is 4.79 Å². The minimum Gasteiger partial charge on any atom is -0.467 e. The molecule has 1 atom stereocenters. The Morgan fingerprint density at radius 1 is 1.38 bits per heavy atom. The van der Waals surface area contributed by atoms with Gasteiger partial charge >= 0.3 is 5.97 Å². The van der Waals surface area contributed by atoms with Crippen LogP contribution < -0.4 is 11.1 Å². The number of nitrogens with one attached hydrogen (secondary N) is 1. The molecule has 1 amide bonds. The summed E-state index contributed by atoms with van der Waals surface area (Å²) in [5, 5.41) is 2.65. The maximum Gasteiger partial charge on any atom is 0.328 e. The van der Waals surface area contributed by atoms with Gasteiger partial charge in [-0.05, 0) is 42.2 Å². The van der Waals surface area contributed by atoms with E-state index in [2.05, 4.69) is 10.1 Å². The van der Waals surface area contributed by atoms with Crippen molar-refractivity contribution >= 4 is 35.4 Å². The van der Waals surface area contributed by atoms with Gasteiger partial charge < -0.3 is 15.8 Å². The number of carbonyl (C=O) groups is 2. The van der Waals surface area contributed by atoms with E-state index < -0.39 is 12.0 Å². The summed E-state index contributed by atoms with van der Waals surface area (Å²) < 4.78 is 4.69. The number of amides is 1. The van der Waals surface area contributed by atoms with Crippen molar-refractivity contribution < 1.29 is 14.3 Å². The Hall–Kier alpha value is -1.95. The minimum absolute atomic E-state index is 0.330. The van der Waals surface area contributed by atoms with Crippen molar-refractivity contribution in [3.8, 4) is 0 Å². The first-order chi connectivity index (χ1) is 10.1. The van der Waals surface area contributed by atoms with Crippen molar-refractivity contribution in [2.75, 3.05) is 24.9 Å². The van der Waals surface area contributed by atoms with E-state index in [0.29, 0.717) is 12.1 Å². The summed E-state index contributed by atoms with van der Waals surface area (Å²) in [6, 6.07) is 6.52. The van der Waals surface area contributed by atoms with Crippen LogP contribution in [0.15, 0.2) is 30.3 Å². The van der Waals surface area contributed by atoms with Crippen LogP contribution in [-0.4, -0.2) is 37.0 Å². The Kier molecular flexibility index (Phi) is 7.39. The van der Waals surface area contributed by atoms with Gasteiger partial charge in [-0.3, -0.25) is 4.79 Å². The standard InChI is InChI=1S/C15H20N2O3S/c1-20-15(19)13(9-10-21-2)17-14(18)8-5-11-3-6-12(16)7-4-11/h3-8,13H,9-10,16H2,1-2H3,(H,17,18)/b8-5+/t13-/m0/s1. The summed E-state index contributed by atoms with van der Waals surface area (Å²) >= 11 is 1.61. The van der Waals surface area contributed by atoms with Crippen molar-refractivity contribution in [2.24, 2.45) is 0 Å². The van der Waals surface area contributed by atoms with Gasteiger partial charge in [0.05, 0.1) is 7.11 Å². The quantitative estimate of drug-likeness (QED) is 0.455. The molecule has 0 fully saturated rings. The molecule has 6 heteroatoms. The third-order valence-corrected chi connectivity index (χ3v) is 3.42. The van der Waals surface area contributed by atoms with E-state index in [9.17, 15) is 9.59 Å². The number of nitrogens with two attached hydrogens (primary N) is 1.